The molecule has 0 aromatic heterocycles. The minimum Gasteiger partial charge on any atom is -0.350 e. The maximum atomic E-state index is 10.5. The number of rotatable bonds is 2. The van der Waals surface area contributed by atoms with Gasteiger partial charge in [-0.05, 0) is 37.2 Å². The summed E-state index contributed by atoms with van der Waals surface area (Å²) in [6, 6.07) is 9.95. The molecular formula is C13H17N3O. The molecule has 0 atom stereocenters. The summed E-state index contributed by atoms with van der Waals surface area (Å²) in [7, 11) is 0. The molecule has 0 heterocycles. The number of hydrogen-bond donors (Lipinski definition) is 2. The Hall–Kier alpha value is -1.84. The molecule has 0 unspecified atom stereocenters. The number of nitrogens with zero attached hydrogens (tertiary/aromatic N) is 1. The van der Waals surface area contributed by atoms with Crippen LogP contribution in [0.4, 0.5) is 4.79 Å². The maximum Gasteiger partial charge on any atom is 0.332 e. The topological polar surface area (TPSA) is 67.5 Å². The molecule has 3 N–H and O–H groups in total. The van der Waals surface area contributed by atoms with Crippen molar-refractivity contribution < 1.29 is 4.79 Å². The molecule has 1 saturated carbocycles. The van der Waals surface area contributed by atoms with Crippen molar-refractivity contribution in [1.29, 1.82) is 0 Å². The van der Waals surface area contributed by atoms with Gasteiger partial charge in [-0.3, -0.25) is 0 Å². The van der Waals surface area contributed by atoms with Gasteiger partial charge in [0, 0.05) is 5.71 Å². The number of hydrazone groups is 1. The van der Waals surface area contributed by atoms with Crippen LogP contribution in [0.25, 0.3) is 0 Å². The summed E-state index contributed by atoms with van der Waals surface area (Å²) in [5.74, 6) is 0.615. The average Bonchev–Trinajstić information content (AvgIpc) is 2.38. The Bertz CT molecular complexity index is 404. The minimum absolute atomic E-state index is 0.595. The Morgan fingerprint density at radius 2 is 1.88 bits per heavy atom. The van der Waals surface area contributed by atoms with Gasteiger partial charge in [0.25, 0.3) is 0 Å². The van der Waals surface area contributed by atoms with E-state index in [-0.39, 0.29) is 0 Å². The fourth-order valence-corrected chi connectivity index (χ4v) is 2.26. The molecule has 17 heavy (non-hydrogen) atoms. The second kappa shape index (κ2) is 5.48. The summed E-state index contributed by atoms with van der Waals surface area (Å²) >= 11 is 0. The van der Waals surface area contributed by atoms with E-state index >= 15 is 0 Å². The summed E-state index contributed by atoms with van der Waals surface area (Å²) in [5, 5.41) is 4.00. The third-order valence-electron chi connectivity index (χ3n) is 3.16. The summed E-state index contributed by atoms with van der Waals surface area (Å²) in [4.78, 5) is 10.5. The normalized spacial score (nSPS) is 19.8. The third-order valence-corrected chi connectivity index (χ3v) is 3.16. The highest BCUT2D eigenvalue weighted by atomic mass is 16.2. The van der Waals surface area contributed by atoms with Gasteiger partial charge in [-0.25, -0.2) is 10.2 Å². The Morgan fingerprint density at radius 3 is 2.47 bits per heavy atom. The number of amides is 2. The predicted molar refractivity (Wildman–Crippen MR) is 67.8 cm³/mol. The van der Waals surface area contributed by atoms with Crippen molar-refractivity contribution in [2.24, 2.45) is 10.8 Å². The van der Waals surface area contributed by atoms with Crippen LogP contribution in [-0.4, -0.2) is 11.7 Å². The van der Waals surface area contributed by atoms with Gasteiger partial charge in [-0.2, -0.15) is 5.10 Å². The molecule has 2 rings (SSSR count). The number of benzene rings is 1. The van der Waals surface area contributed by atoms with E-state index in [4.69, 9.17) is 5.73 Å². The van der Waals surface area contributed by atoms with Crippen molar-refractivity contribution in [1.82, 2.24) is 5.43 Å². The van der Waals surface area contributed by atoms with Gasteiger partial charge in [0.15, 0.2) is 0 Å². The summed E-state index contributed by atoms with van der Waals surface area (Å²) in [5.41, 5.74) is 9.70. The summed E-state index contributed by atoms with van der Waals surface area (Å²) in [6.45, 7) is 0. The molecular weight excluding hydrogens is 214 g/mol. The number of nitrogens with one attached hydrogen (secondary N) is 1. The molecule has 0 aliphatic heterocycles. The second-order valence-corrected chi connectivity index (χ2v) is 4.34. The summed E-state index contributed by atoms with van der Waals surface area (Å²) in [6.07, 6.45) is 4.03. The van der Waals surface area contributed by atoms with Crippen LogP contribution in [0.2, 0.25) is 0 Å². The van der Waals surface area contributed by atoms with E-state index in [1.807, 2.05) is 6.07 Å². The van der Waals surface area contributed by atoms with Crippen LogP contribution in [0.15, 0.2) is 35.4 Å². The number of hydrogen-bond acceptors (Lipinski definition) is 2. The highest BCUT2D eigenvalue weighted by Crippen LogP contribution is 2.31. The molecule has 1 aliphatic carbocycles. The summed E-state index contributed by atoms with van der Waals surface area (Å²) < 4.78 is 0. The molecule has 2 amide bonds. The Morgan fingerprint density at radius 1 is 1.24 bits per heavy atom. The molecule has 4 heteroatoms. The van der Waals surface area contributed by atoms with Crippen molar-refractivity contribution in [3.63, 3.8) is 0 Å². The Kier molecular flexibility index (Phi) is 3.75. The van der Waals surface area contributed by atoms with E-state index < -0.39 is 6.03 Å². The lowest BCUT2D eigenvalue weighted by molar-refractivity contribution is 0.249. The van der Waals surface area contributed by atoms with Crippen LogP contribution < -0.4 is 11.2 Å². The molecule has 4 nitrogen and oxygen atoms in total. The maximum absolute atomic E-state index is 10.5. The first-order valence-electron chi connectivity index (χ1n) is 5.91. The van der Waals surface area contributed by atoms with Gasteiger partial charge < -0.3 is 5.73 Å². The molecule has 0 radical (unpaired) electrons. The lowest BCUT2D eigenvalue weighted by atomic mass is 9.83. The van der Waals surface area contributed by atoms with Crippen LogP contribution in [0.3, 0.4) is 0 Å². The fraction of sp³-hybridized carbons (Fsp3) is 0.385. The molecule has 1 aromatic carbocycles. The van der Waals surface area contributed by atoms with E-state index in [9.17, 15) is 4.79 Å². The first-order chi connectivity index (χ1) is 8.25. The molecule has 0 spiro atoms. The number of nitrogens with two attached hydrogens (primary N) is 1. The lowest BCUT2D eigenvalue weighted by Gasteiger charge is -2.23. The first kappa shape index (κ1) is 11.6. The highest BCUT2D eigenvalue weighted by molar-refractivity contribution is 5.86. The zero-order chi connectivity index (χ0) is 12.1. The highest BCUT2D eigenvalue weighted by Gasteiger charge is 2.18. The van der Waals surface area contributed by atoms with Crippen LogP contribution in [0.5, 0.6) is 0 Å². The molecule has 0 saturated heterocycles. The van der Waals surface area contributed by atoms with Gasteiger partial charge in [0.05, 0.1) is 0 Å². The van der Waals surface area contributed by atoms with Crippen LogP contribution >= 0.6 is 0 Å². The zero-order valence-corrected chi connectivity index (χ0v) is 9.73. The van der Waals surface area contributed by atoms with Gasteiger partial charge in [0.1, 0.15) is 0 Å². The average molecular weight is 231 g/mol. The fourth-order valence-electron chi connectivity index (χ4n) is 2.26. The minimum atomic E-state index is -0.595. The Labute approximate surface area is 101 Å². The van der Waals surface area contributed by atoms with Crippen molar-refractivity contribution in [3.8, 4) is 0 Å². The van der Waals surface area contributed by atoms with Crippen molar-refractivity contribution in [2.75, 3.05) is 0 Å². The van der Waals surface area contributed by atoms with E-state index in [1.54, 1.807) is 0 Å². The van der Waals surface area contributed by atoms with Crippen molar-refractivity contribution in [2.45, 2.75) is 31.6 Å². The second-order valence-electron chi connectivity index (χ2n) is 4.34. The number of carbonyl (C=O) groups is 1. The first-order valence-corrected chi connectivity index (χ1v) is 5.91. The van der Waals surface area contributed by atoms with E-state index in [1.165, 1.54) is 5.56 Å². The number of primary amides is 1. The van der Waals surface area contributed by atoms with Gasteiger partial charge in [0.2, 0.25) is 0 Å². The number of carbonyl (C=O) groups excluding carboxylic acids is 1. The van der Waals surface area contributed by atoms with Gasteiger partial charge >= 0.3 is 6.03 Å². The molecule has 1 aliphatic rings. The number of urea groups is 1. The van der Waals surface area contributed by atoms with Gasteiger partial charge in [-0.15, -0.1) is 0 Å². The monoisotopic (exact) mass is 231 g/mol. The van der Waals surface area contributed by atoms with E-state index in [0.717, 1.165) is 31.4 Å². The standard InChI is InChI=1S/C13H17N3O/c14-13(17)16-15-12-8-6-11(7-9-12)10-4-2-1-3-5-10/h1-5,11H,6-9H2,(H3,14,16,17). The third kappa shape index (κ3) is 3.31. The van der Waals surface area contributed by atoms with E-state index in [2.05, 4.69) is 34.8 Å². The van der Waals surface area contributed by atoms with Crippen molar-refractivity contribution >= 4 is 11.7 Å². The zero-order valence-electron chi connectivity index (χ0n) is 9.73. The van der Waals surface area contributed by atoms with Crippen molar-refractivity contribution in [3.05, 3.63) is 35.9 Å². The smallest absolute Gasteiger partial charge is 0.332 e. The molecule has 1 fully saturated rings. The SMILES string of the molecule is NC(=O)NN=C1CCC(c2ccccc2)CC1. The van der Waals surface area contributed by atoms with Crippen LogP contribution in [-0.2, 0) is 0 Å². The Balaban J connectivity index is 1.90. The molecule has 90 valence electrons. The lowest BCUT2D eigenvalue weighted by Crippen LogP contribution is -2.26. The molecule has 0 bridgehead atoms. The van der Waals surface area contributed by atoms with Crippen LogP contribution in [0, 0.1) is 0 Å². The van der Waals surface area contributed by atoms with Crippen LogP contribution in [0.1, 0.15) is 37.2 Å². The van der Waals surface area contributed by atoms with E-state index in [0.29, 0.717) is 5.92 Å². The van der Waals surface area contributed by atoms with Gasteiger partial charge in [-0.1, -0.05) is 30.3 Å². The quantitative estimate of drug-likeness (QED) is 0.754. The largest absolute Gasteiger partial charge is 0.350 e. The molecule has 1 aromatic rings. The predicted octanol–water partition coefficient (Wildman–Crippen LogP) is 2.37.